The van der Waals surface area contributed by atoms with E-state index in [4.69, 9.17) is 18.7 Å². The molecule has 61 heavy (non-hydrogen) atoms. The number of amides is 4. The maximum Gasteiger partial charge on any atom is 0.328 e. The lowest BCUT2D eigenvalue weighted by Crippen LogP contribution is -2.48. The average Bonchev–Trinajstić information content (AvgIpc) is 3.79. The highest BCUT2D eigenvalue weighted by Crippen LogP contribution is 2.30. The van der Waals surface area contributed by atoms with Crippen molar-refractivity contribution in [2.45, 2.75) is 58.2 Å². The van der Waals surface area contributed by atoms with Crippen molar-refractivity contribution in [1.29, 1.82) is 0 Å². The van der Waals surface area contributed by atoms with Gasteiger partial charge in [0.1, 0.15) is 24.2 Å². The van der Waals surface area contributed by atoms with Gasteiger partial charge in [0, 0.05) is 5.56 Å². The zero-order chi connectivity index (χ0) is 43.7. The Balaban J connectivity index is 1.26. The van der Waals surface area contributed by atoms with Crippen LogP contribution in [0.3, 0.4) is 0 Å². The smallest absolute Gasteiger partial charge is 0.328 e. The molecule has 5 aromatic rings. The molecule has 0 aliphatic heterocycles. The number of nitrogens with one attached hydrogen (secondary N) is 3. The van der Waals surface area contributed by atoms with E-state index in [-0.39, 0.29) is 48.6 Å². The van der Waals surface area contributed by atoms with Crippen molar-refractivity contribution in [3.05, 3.63) is 126 Å². The SMILES string of the molecule is CCOc1cc(-c2ccc(C(=O)NCNC(=O)[C@H](CCc3ccc4ccccc4c3)[C@@H](CC)N(C=O)OCc3ccccc3)o2)ccc1C(=O)N[C@@H](CC(=O)OC)C(=O)OC. The maximum atomic E-state index is 13.9. The molecule has 1 aromatic heterocycles. The molecule has 0 fully saturated rings. The molecule has 5 rings (SSSR count). The van der Waals surface area contributed by atoms with Gasteiger partial charge in [0.15, 0.2) is 5.76 Å². The second kappa shape index (κ2) is 22.4. The molecule has 0 aliphatic carbocycles. The topological polar surface area (TPSA) is 192 Å². The molecule has 0 spiro atoms. The number of furan rings is 1. The summed E-state index contributed by atoms with van der Waals surface area (Å²) in [6, 6.07) is 29.3. The summed E-state index contributed by atoms with van der Waals surface area (Å²) in [5.41, 5.74) is 2.44. The fourth-order valence-electron chi connectivity index (χ4n) is 6.79. The molecule has 15 heteroatoms. The number of carbonyl (C=O) groups is 6. The lowest BCUT2D eigenvalue weighted by molar-refractivity contribution is -0.200. The van der Waals surface area contributed by atoms with Crippen molar-refractivity contribution in [2.24, 2.45) is 5.92 Å². The Morgan fingerprint density at radius 3 is 2.25 bits per heavy atom. The minimum atomic E-state index is -1.30. The number of ether oxygens (including phenoxy) is 3. The van der Waals surface area contributed by atoms with E-state index in [1.165, 1.54) is 17.2 Å². The van der Waals surface area contributed by atoms with Crippen molar-refractivity contribution < 1.29 is 52.2 Å². The fraction of sp³-hybridized carbons (Fsp3) is 0.304. The summed E-state index contributed by atoms with van der Waals surface area (Å²) in [6.45, 7) is 3.71. The Labute approximate surface area is 353 Å². The van der Waals surface area contributed by atoms with E-state index in [0.717, 1.165) is 36.1 Å². The van der Waals surface area contributed by atoms with Crippen LogP contribution in [0.15, 0.2) is 108 Å². The van der Waals surface area contributed by atoms with Gasteiger partial charge in [-0.05, 0) is 72.4 Å². The van der Waals surface area contributed by atoms with Gasteiger partial charge < -0.3 is 34.6 Å². The Morgan fingerprint density at radius 2 is 1.54 bits per heavy atom. The Kier molecular flexibility index (Phi) is 16.6. The number of hydrogen-bond acceptors (Lipinski definition) is 11. The highest BCUT2D eigenvalue weighted by atomic mass is 16.7. The first-order valence-corrected chi connectivity index (χ1v) is 19.9. The third kappa shape index (κ3) is 12.3. The third-order valence-electron chi connectivity index (χ3n) is 9.97. The normalized spacial score (nSPS) is 12.3. The van der Waals surface area contributed by atoms with E-state index in [0.29, 0.717) is 31.2 Å². The number of carbonyl (C=O) groups excluding carboxylic acids is 6. The molecule has 0 saturated carbocycles. The quantitative estimate of drug-likeness (QED) is 0.0333. The van der Waals surface area contributed by atoms with Crippen LogP contribution in [0.25, 0.3) is 22.1 Å². The Bertz CT molecular complexity index is 2290. The Hall–Kier alpha value is -7.00. The number of benzene rings is 4. The van der Waals surface area contributed by atoms with E-state index < -0.39 is 48.2 Å². The number of esters is 2. The molecule has 0 aliphatic rings. The van der Waals surface area contributed by atoms with Gasteiger partial charge in [0.05, 0.1) is 51.4 Å². The van der Waals surface area contributed by atoms with Gasteiger partial charge in [-0.25, -0.2) is 9.86 Å². The molecule has 3 atom stereocenters. The van der Waals surface area contributed by atoms with Crippen LogP contribution in [0.4, 0.5) is 0 Å². The molecule has 0 saturated heterocycles. The minimum absolute atomic E-state index is 0.0477. The molecule has 15 nitrogen and oxygen atoms in total. The molecule has 320 valence electrons. The number of nitrogens with zero attached hydrogens (tertiary/aromatic N) is 1. The molecule has 4 amide bonds. The molecule has 3 N–H and O–H groups in total. The average molecular weight is 835 g/mol. The predicted molar refractivity (Wildman–Crippen MR) is 225 cm³/mol. The summed E-state index contributed by atoms with van der Waals surface area (Å²) in [5.74, 6) is -3.54. The summed E-state index contributed by atoms with van der Waals surface area (Å²) in [4.78, 5) is 82.8. The molecule has 0 unspecified atom stereocenters. The first-order chi connectivity index (χ1) is 29.6. The number of hydrogen-bond donors (Lipinski definition) is 3. The zero-order valence-corrected chi connectivity index (χ0v) is 34.5. The van der Waals surface area contributed by atoms with E-state index in [9.17, 15) is 28.8 Å². The summed E-state index contributed by atoms with van der Waals surface area (Å²) in [6.07, 6.45) is 1.52. The fourth-order valence-corrected chi connectivity index (χ4v) is 6.79. The van der Waals surface area contributed by atoms with Crippen LogP contribution >= 0.6 is 0 Å². The minimum Gasteiger partial charge on any atom is -0.493 e. The van der Waals surface area contributed by atoms with E-state index in [1.54, 1.807) is 25.1 Å². The van der Waals surface area contributed by atoms with Gasteiger partial charge in [-0.15, -0.1) is 0 Å². The zero-order valence-electron chi connectivity index (χ0n) is 34.5. The van der Waals surface area contributed by atoms with E-state index in [2.05, 4.69) is 26.8 Å². The van der Waals surface area contributed by atoms with Gasteiger partial charge in [0.25, 0.3) is 11.8 Å². The highest BCUT2D eigenvalue weighted by molar-refractivity contribution is 6.00. The standard InChI is InChI=1S/C46H50N4O11/c1-5-38(50(29-51)60-27-31-12-8-7-9-13-31)35(20-17-30-16-18-32-14-10-11-15-33(32)24-30)43(53)47-28-48-45(55)40-23-22-39(61-40)34-19-21-36(41(25-34)59-6-2)44(54)49-37(46(56)58-4)26-42(52)57-3/h7-16,18-19,21-25,29,35,37-38H,5-6,17,20,26-28H2,1-4H3,(H,47,53)(H,48,55)(H,49,54)/t35-,37+,38-/m1/s1. The van der Waals surface area contributed by atoms with Gasteiger partial charge in [0.2, 0.25) is 12.3 Å². The summed E-state index contributed by atoms with van der Waals surface area (Å²) < 4.78 is 20.9. The molecule has 1 heterocycles. The summed E-state index contributed by atoms with van der Waals surface area (Å²) in [7, 11) is 2.30. The van der Waals surface area contributed by atoms with Gasteiger partial charge in [-0.3, -0.25) is 28.8 Å². The van der Waals surface area contributed by atoms with Crippen molar-refractivity contribution in [2.75, 3.05) is 27.5 Å². The third-order valence-corrected chi connectivity index (χ3v) is 9.97. The lowest BCUT2D eigenvalue weighted by atomic mass is 9.89. The van der Waals surface area contributed by atoms with E-state index in [1.807, 2.05) is 73.7 Å². The van der Waals surface area contributed by atoms with Crippen LogP contribution in [-0.2, 0) is 46.5 Å². The van der Waals surface area contributed by atoms with Crippen LogP contribution in [0.2, 0.25) is 0 Å². The maximum absolute atomic E-state index is 13.9. The number of methoxy groups -OCH3 is 2. The first kappa shape index (κ1) is 45.1. The van der Waals surface area contributed by atoms with E-state index >= 15 is 0 Å². The van der Waals surface area contributed by atoms with Crippen LogP contribution in [-0.4, -0.2) is 80.7 Å². The van der Waals surface area contributed by atoms with Gasteiger partial charge in [-0.2, -0.15) is 0 Å². The largest absolute Gasteiger partial charge is 0.493 e. The predicted octanol–water partition coefficient (Wildman–Crippen LogP) is 5.75. The number of aryl methyl sites for hydroxylation is 1. The van der Waals surface area contributed by atoms with Crippen LogP contribution in [0.1, 0.15) is 65.1 Å². The van der Waals surface area contributed by atoms with Gasteiger partial charge in [-0.1, -0.05) is 85.8 Å². The molecule has 0 radical (unpaired) electrons. The molecule has 0 bridgehead atoms. The van der Waals surface area contributed by atoms with Crippen LogP contribution < -0.4 is 20.7 Å². The molecular weight excluding hydrogens is 785 g/mol. The van der Waals surface area contributed by atoms with Crippen molar-refractivity contribution in [3.8, 4) is 17.1 Å². The first-order valence-electron chi connectivity index (χ1n) is 19.9. The summed E-state index contributed by atoms with van der Waals surface area (Å²) >= 11 is 0. The van der Waals surface area contributed by atoms with Crippen molar-refractivity contribution >= 4 is 46.8 Å². The monoisotopic (exact) mass is 834 g/mol. The number of rotatable bonds is 22. The number of fused-ring (bicyclic) bond motifs is 1. The second-order valence-corrected chi connectivity index (χ2v) is 13.9. The number of hydroxylamine groups is 2. The van der Waals surface area contributed by atoms with Gasteiger partial charge >= 0.3 is 11.9 Å². The Morgan fingerprint density at radius 1 is 0.787 bits per heavy atom. The lowest BCUT2D eigenvalue weighted by Gasteiger charge is -2.32. The van der Waals surface area contributed by atoms with Crippen LogP contribution in [0.5, 0.6) is 5.75 Å². The highest BCUT2D eigenvalue weighted by Gasteiger charge is 2.32. The molecule has 4 aromatic carbocycles. The van der Waals surface area contributed by atoms with Crippen molar-refractivity contribution in [1.82, 2.24) is 21.0 Å². The summed E-state index contributed by atoms with van der Waals surface area (Å²) in [5, 5.41) is 11.4. The van der Waals surface area contributed by atoms with Crippen LogP contribution in [0, 0.1) is 5.92 Å². The van der Waals surface area contributed by atoms with Crippen molar-refractivity contribution in [3.63, 3.8) is 0 Å². The second-order valence-electron chi connectivity index (χ2n) is 13.9. The molecular formula is C46H50N4O11.